The molecule has 0 saturated heterocycles. The van der Waals surface area contributed by atoms with Gasteiger partial charge >= 0.3 is 11.9 Å². The first-order valence-electron chi connectivity index (χ1n) is 4.81. The molecule has 0 aromatic rings. The molecule has 0 amide bonds. The molecule has 0 fully saturated rings. The van der Waals surface area contributed by atoms with Gasteiger partial charge in [0.15, 0.2) is 0 Å². The van der Waals surface area contributed by atoms with Gasteiger partial charge in [-0.2, -0.15) is 0 Å². The Labute approximate surface area is 89.0 Å². The number of carboxylic acid groups (broad SMARTS) is 2. The molecule has 0 aromatic carbocycles. The van der Waals surface area contributed by atoms with E-state index in [0.29, 0.717) is 13.1 Å². The van der Waals surface area contributed by atoms with E-state index >= 15 is 0 Å². The Morgan fingerprint density at radius 1 is 1.27 bits per heavy atom. The summed E-state index contributed by atoms with van der Waals surface area (Å²) in [6.07, 6.45) is 1.17. The molecule has 0 aliphatic heterocycles. The molecule has 0 radical (unpaired) electrons. The Kier molecular flexibility index (Phi) is 5.62. The summed E-state index contributed by atoms with van der Waals surface area (Å²) in [5.41, 5.74) is 0. The molecule has 0 saturated carbocycles. The summed E-state index contributed by atoms with van der Waals surface area (Å²) in [4.78, 5) is 23.4. The van der Waals surface area contributed by atoms with Gasteiger partial charge < -0.3 is 10.2 Å². The first-order chi connectivity index (χ1) is 6.99. The van der Waals surface area contributed by atoms with Gasteiger partial charge in [0, 0.05) is 0 Å². The predicted octanol–water partition coefficient (Wildman–Crippen LogP) is 0.668. The van der Waals surface area contributed by atoms with E-state index in [0.717, 1.165) is 0 Å². The molecule has 0 heterocycles. The maximum Gasteiger partial charge on any atom is 0.322 e. The van der Waals surface area contributed by atoms with Crippen molar-refractivity contribution in [1.82, 2.24) is 4.90 Å². The Balaban J connectivity index is 5.00. The second-order valence-electron chi connectivity index (χ2n) is 3.10. The summed E-state index contributed by atoms with van der Waals surface area (Å²) >= 11 is 0. The van der Waals surface area contributed by atoms with Crippen LogP contribution in [0.5, 0.6) is 0 Å². The number of carboxylic acids is 2. The third-order valence-electron chi connectivity index (χ3n) is 2.34. The fourth-order valence-corrected chi connectivity index (χ4v) is 1.52. The molecule has 2 N–H and O–H groups in total. The van der Waals surface area contributed by atoms with Gasteiger partial charge in [0.25, 0.3) is 0 Å². The van der Waals surface area contributed by atoms with Crippen LogP contribution in [0.3, 0.4) is 0 Å². The summed E-state index contributed by atoms with van der Waals surface area (Å²) in [6, 6.07) is -1.05. The lowest BCUT2D eigenvalue weighted by atomic mass is 9.98. The van der Waals surface area contributed by atoms with Crippen molar-refractivity contribution in [2.75, 3.05) is 13.1 Å². The molecule has 86 valence electrons. The van der Waals surface area contributed by atoms with E-state index in [1.54, 1.807) is 18.7 Å². The minimum absolute atomic E-state index is 0.491. The first kappa shape index (κ1) is 13.6. The monoisotopic (exact) mass is 215 g/mol. The minimum atomic E-state index is -1.16. The lowest BCUT2D eigenvalue weighted by Gasteiger charge is -2.28. The summed E-state index contributed by atoms with van der Waals surface area (Å²) < 4.78 is 0. The molecule has 5 nitrogen and oxygen atoms in total. The summed E-state index contributed by atoms with van der Waals surface area (Å²) in [5, 5.41) is 17.9. The van der Waals surface area contributed by atoms with Crippen LogP contribution in [0.25, 0.3) is 0 Å². The zero-order chi connectivity index (χ0) is 12.0. The Bertz CT molecular complexity index is 248. The van der Waals surface area contributed by atoms with Crippen molar-refractivity contribution >= 4 is 11.9 Å². The van der Waals surface area contributed by atoms with Gasteiger partial charge in [-0.3, -0.25) is 14.5 Å². The van der Waals surface area contributed by atoms with Gasteiger partial charge in [-0.15, -0.1) is 6.58 Å². The van der Waals surface area contributed by atoms with Crippen molar-refractivity contribution < 1.29 is 19.8 Å². The number of likely N-dealkylation sites (N-methyl/N-ethyl adjacent to an activating group) is 1. The van der Waals surface area contributed by atoms with Crippen molar-refractivity contribution in [3.63, 3.8) is 0 Å². The van der Waals surface area contributed by atoms with Gasteiger partial charge in [-0.25, -0.2) is 0 Å². The summed E-state index contributed by atoms with van der Waals surface area (Å²) in [7, 11) is 0. The van der Waals surface area contributed by atoms with Crippen molar-refractivity contribution in [3.05, 3.63) is 12.7 Å². The first-order valence-corrected chi connectivity index (χ1v) is 4.81. The number of aliphatic carboxylic acids is 2. The molecule has 0 aromatic heterocycles. The van der Waals surface area contributed by atoms with E-state index in [9.17, 15) is 9.59 Å². The lowest BCUT2D eigenvalue weighted by Crippen LogP contribution is -2.48. The fourth-order valence-electron chi connectivity index (χ4n) is 1.52. The quantitative estimate of drug-likeness (QED) is 0.610. The topological polar surface area (TPSA) is 77.8 Å². The maximum atomic E-state index is 11.0. The van der Waals surface area contributed by atoms with Crippen molar-refractivity contribution in [2.24, 2.45) is 5.92 Å². The molecule has 0 aliphatic rings. The molecule has 2 unspecified atom stereocenters. The van der Waals surface area contributed by atoms with Crippen LogP contribution in [0.15, 0.2) is 12.7 Å². The van der Waals surface area contributed by atoms with Crippen LogP contribution in [0, 0.1) is 5.92 Å². The minimum Gasteiger partial charge on any atom is -0.481 e. The Morgan fingerprint density at radius 3 is 1.93 bits per heavy atom. The highest BCUT2D eigenvalue weighted by atomic mass is 16.4. The van der Waals surface area contributed by atoms with Crippen LogP contribution in [0.2, 0.25) is 0 Å². The third-order valence-corrected chi connectivity index (χ3v) is 2.34. The van der Waals surface area contributed by atoms with Crippen LogP contribution in [-0.2, 0) is 9.59 Å². The smallest absolute Gasteiger partial charge is 0.322 e. The highest BCUT2D eigenvalue weighted by Gasteiger charge is 2.34. The molecule has 5 heteroatoms. The van der Waals surface area contributed by atoms with E-state index in [4.69, 9.17) is 10.2 Å². The van der Waals surface area contributed by atoms with Gasteiger partial charge in [-0.05, 0) is 13.1 Å². The molecule has 0 rings (SSSR count). The van der Waals surface area contributed by atoms with E-state index in [2.05, 4.69) is 6.58 Å². The standard InChI is InChI=1S/C10H17NO4/c1-4-7(9(12)13)8(10(14)15)11(5-2)6-3/h4,7-8H,1,5-6H2,2-3H3,(H,12,13)(H,14,15). The Morgan fingerprint density at radius 2 is 1.73 bits per heavy atom. The number of hydrogen-bond donors (Lipinski definition) is 2. The van der Waals surface area contributed by atoms with Crippen LogP contribution < -0.4 is 0 Å². The van der Waals surface area contributed by atoms with Crippen LogP contribution in [0.1, 0.15) is 13.8 Å². The maximum absolute atomic E-state index is 11.0. The average Bonchev–Trinajstić information content (AvgIpc) is 2.17. The van der Waals surface area contributed by atoms with E-state index in [1.165, 1.54) is 6.08 Å². The second-order valence-corrected chi connectivity index (χ2v) is 3.10. The SMILES string of the molecule is C=CC(C(=O)O)C(C(=O)O)N(CC)CC. The van der Waals surface area contributed by atoms with Crippen LogP contribution in [-0.4, -0.2) is 46.2 Å². The van der Waals surface area contributed by atoms with Gasteiger partial charge in [0.05, 0.1) is 0 Å². The van der Waals surface area contributed by atoms with Crippen LogP contribution >= 0.6 is 0 Å². The number of nitrogens with zero attached hydrogens (tertiary/aromatic N) is 1. The highest BCUT2D eigenvalue weighted by molar-refractivity contribution is 5.84. The van der Waals surface area contributed by atoms with E-state index < -0.39 is 23.9 Å². The summed E-state index contributed by atoms with van der Waals surface area (Å²) in [6.45, 7) is 7.93. The third kappa shape index (κ3) is 3.36. The second kappa shape index (κ2) is 6.19. The zero-order valence-electron chi connectivity index (χ0n) is 9.01. The molecular weight excluding hydrogens is 198 g/mol. The normalized spacial score (nSPS) is 14.6. The molecular formula is C10H17NO4. The van der Waals surface area contributed by atoms with Gasteiger partial charge in [0.2, 0.25) is 0 Å². The molecule has 0 bridgehead atoms. The molecule has 2 atom stereocenters. The average molecular weight is 215 g/mol. The molecule has 0 spiro atoms. The molecule has 0 aliphatic carbocycles. The van der Waals surface area contributed by atoms with E-state index in [-0.39, 0.29) is 0 Å². The lowest BCUT2D eigenvalue weighted by molar-refractivity contribution is -0.153. The van der Waals surface area contributed by atoms with Crippen molar-refractivity contribution in [3.8, 4) is 0 Å². The molecule has 15 heavy (non-hydrogen) atoms. The Hall–Kier alpha value is -1.36. The largest absolute Gasteiger partial charge is 0.481 e. The van der Waals surface area contributed by atoms with Crippen molar-refractivity contribution in [2.45, 2.75) is 19.9 Å². The number of carbonyl (C=O) groups is 2. The zero-order valence-corrected chi connectivity index (χ0v) is 9.01. The summed E-state index contributed by atoms with van der Waals surface area (Å²) in [5.74, 6) is -3.38. The van der Waals surface area contributed by atoms with Crippen molar-refractivity contribution in [1.29, 1.82) is 0 Å². The van der Waals surface area contributed by atoms with Gasteiger partial charge in [-0.1, -0.05) is 19.9 Å². The fraction of sp³-hybridized carbons (Fsp3) is 0.600. The van der Waals surface area contributed by atoms with Gasteiger partial charge in [0.1, 0.15) is 12.0 Å². The number of rotatable bonds is 7. The van der Waals surface area contributed by atoms with Crippen LogP contribution in [0.4, 0.5) is 0 Å². The highest BCUT2D eigenvalue weighted by Crippen LogP contribution is 2.13. The van der Waals surface area contributed by atoms with E-state index in [1.807, 2.05) is 0 Å². The predicted molar refractivity (Wildman–Crippen MR) is 55.7 cm³/mol. The number of hydrogen-bond acceptors (Lipinski definition) is 3.